The summed E-state index contributed by atoms with van der Waals surface area (Å²) in [6.07, 6.45) is 0. The van der Waals surface area contributed by atoms with E-state index in [1.807, 2.05) is 0 Å². The van der Waals surface area contributed by atoms with Crippen LogP contribution in [0.3, 0.4) is 0 Å². The maximum absolute atomic E-state index is 6.11. The van der Waals surface area contributed by atoms with E-state index in [0.29, 0.717) is 44.0 Å². The number of methoxy groups -OCH3 is 1. The van der Waals surface area contributed by atoms with Gasteiger partial charge < -0.3 is 14.9 Å². The number of nitrogens with two attached hydrogens (primary N) is 1. The lowest BCUT2D eigenvalue weighted by Gasteiger charge is -2.07. The Labute approximate surface area is 125 Å². The molecule has 1 heterocycles. The third-order valence-electron chi connectivity index (χ3n) is 2.87. The van der Waals surface area contributed by atoms with Gasteiger partial charge in [0.2, 0.25) is 5.89 Å². The molecule has 0 bridgehead atoms. The number of ether oxygens (including phenoxy) is 1. The average Bonchev–Trinajstić information content (AvgIpc) is 2.81. The summed E-state index contributed by atoms with van der Waals surface area (Å²) in [5.74, 6) is 0.869. The minimum absolute atomic E-state index is 0.405. The van der Waals surface area contributed by atoms with Crippen molar-refractivity contribution in [3.8, 4) is 17.2 Å². The van der Waals surface area contributed by atoms with Crippen molar-refractivity contribution in [3.63, 3.8) is 0 Å². The summed E-state index contributed by atoms with van der Waals surface area (Å²) in [7, 11) is 1.51. The van der Waals surface area contributed by atoms with Gasteiger partial charge in [-0.2, -0.15) is 0 Å². The molecule has 6 heteroatoms. The van der Waals surface area contributed by atoms with Crippen molar-refractivity contribution in [1.82, 2.24) is 4.98 Å². The first-order chi connectivity index (χ1) is 9.58. The van der Waals surface area contributed by atoms with Crippen LogP contribution < -0.4 is 10.5 Å². The second-order valence-electron chi connectivity index (χ2n) is 4.21. The molecule has 3 aromatic rings. The fourth-order valence-corrected chi connectivity index (χ4v) is 2.45. The number of fused-ring (bicyclic) bond motifs is 1. The Hall–Kier alpha value is -1.91. The summed E-state index contributed by atoms with van der Waals surface area (Å²) < 4.78 is 10.8. The Morgan fingerprint density at radius 1 is 1.20 bits per heavy atom. The number of hydrogen-bond donors (Lipinski definition) is 1. The van der Waals surface area contributed by atoms with E-state index < -0.39 is 0 Å². The second-order valence-corrected chi connectivity index (χ2v) is 5.06. The number of benzene rings is 2. The normalized spacial score (nSPS) is 10.9. The van der Waals surface area contributed by atoms with E-state index >= 15 is 0 Å². The van der Waals surface area contributed by atoms with Crippen molar-refractivity contribution in [2.45, 2.75) is 0 Å². The van der Waals surface area contributed by atoms with Crippen LogP contribution in [0.2, 0.25) is 10.0 Å². The first-order valence-corrected chi connectivity index (χ1v) is 6.53. The van der Waals surface area contributed by atoms with Gasteiger partial charge in [0.15, 0.2) is 11.3 Å². The van der Waals surface area contributed by atoms with Crippen LogP contribution in [0, 0.1) is 0 Å². The molecule has 4 nitrogen and oxygen atoms in total. The van der Waals surface area contributed by atoms with E-state index in [4.69, 9.17) is 38.1 Å². The Balaban J connectivity index is 2.15. The highest BCUT2D eigenvalue weighted by Crippen LogP contribution is 2.36. The fraction of sp³-hybridized carbons (Fsp3) is 0.0714. The van der Waals surface area contributed by atoms with Crippen molar-refractivity contribution in [2.24, 2.45) is 0 Å². The SMILES string of the molecule is COc1c(N)cc(-c2nc3cc(Cl)ccc3o2)cc1Cl. The number of anilines is 1. The molecule has 0 atom stereocenters. The minimum Gasteiger partial charge on any atom is -0.493 e. The number of hydrogen-bond acceptors (Lipinski definition) is 4. The highest BCUT2D eigenvalue weighted by atomic mass is 35.5. The Morgan fingerprint density at radius 3 is 2.70 bits per heavy atom. The third kappa shape index (κ3) is 2.17. The number of aromatic nitrogens is 1. The highest BCUT2D eigenvalue weighted by Gasteiger charge is 2.13. The van der Waals surface area contributed by atoms with Crippen LogP contribution in [0.25, 0.3) is 22.6 Å². The van der Waals surface area contributed by atoms with Gasteiger partial charge in [-0.05, 0) is 30.3 Å². The lowest BCUT2D eigenvalue weighted by Crippen LogP contribution is -1.94. The molecule has 0 unspecified atom stereocenters. The zero-order valence-corrected chi connectivity index (χ0v) is 12.0. The number of halogens is 2. The summed E-state index contributed by atoms with van der Waals surface area (Å²) in [6.45, 7) is 0. The third-order valence-corrected chi connectivity index (χ3v) is 3.39. The van der Waals surface area contributed by atoms with Gasteiger partial charge in [-0.1, -0.05) is 23.2 Å². The molecule has 1 aromatic heterocycles. The molecule has 0 spiro atoms. The summed E-state index contributed by atoms with van der Waals surface area (Å²) in [5, 5.41) is 1.01. The van der Waals surface area contributed by atoms with Crippen molar-refractivity contribution in [1.29, 1.82) is 0 Å². The zero-order valence-electron chi connectivity index (χ0n) is 10.5. The molecule has 20 heavy (non-hydrogen) atoms. The van der Waals surface area contributed by atoms with Crippen molar-refractivity contribution >= 4 is 40.0 Å². The Morgan fingerprint density at radius 2 is 2.00 bits per heavy atom. The van der Waals surface area contributed by atoms with Crippen LogP contribution in [-0.4, -0.2) is 12.1 Å². The molecule has 0 aliphatic rings. The fourth-order valence-electron chi connectivity index (χ4n) is 1.98. The number of nitrogen functional groups attached to an aromatic ring is 1. The topological polar surface area (TPSA) is 61.3 Å². The average molecular weight is 309 g/mol. The number of rotatable bonds is 2. The second kappa shape index (κ2) is 4.89. The molecule has 0 radical (unpaired) electrons. The molecule has 0 saturated heterocycles. The predicted octanol–water partition coefficient (Wildman–Crippen LogP) is 4.39. The van der Waals surface area contributed by atoms with Crippen molar-refractivity contribution < 1.29 is 9.15 Å². The molecular formula is C14H10Cl2N2O2. The van der Waals surface area contributed by atoms with Crippen LogP contribution in [0.15, 0.2) is 34.7 Å². The highest BCUT2D eigenvalue weighted by molar-refractivity contribution is 6.33. The van der Waals surface area contributed by atoms with Gasteiger partial charge >= 0.3 is 0 Å². The minimum atomic E-state index is 0.405. The van der Waals surface area contributed by atoms with Crippen molar-refractivity contribution in [2.75, 3.05) is 12.8 Å². The first kappa shape index (κ1) is 13.1. The molecule has 2 N–H and O–H groups in total. The summed E-state index contributed by atoms with van der Waals surface area (Å²) in [4.78, 5) is 4.38. The zero-order chi connectivity index (χ0) is 14.3. The molecule has 3 rings (SSSR count). The lowest BCUT2D eigenvalue weighted by molar-refractivity contribution is 0.417. The van der Waals surface area contributed by atoms with E-state index in [0.717, 1.165) is 0 Å². The summed E-state index contributed by atoms with van der Waals surface area (Å²) in [6, 6.07) is 8.65. The van der Waals surface area contributed by atoms with Gasteiger partial charge in [0.05, 0.1) is 17.8 Å². The number of nitrogens with zero attached hydrogens (tertiary/aromatic N) is 1. The van der Waals surface area contributed by atoms with Gasteiger partial charge in [0.25, 0.3) is 0 Å². The summed E-state index contributed by atoms with van der Waals surface area (Å²) in [5.41, 5.74) is 8.32. The van der Waals surface area contributed by atoms with Crippen LogP contribution >= 0.6 is 23.2 Å². The molecule has 0 saturated carbocycles. The predicted molar refractivity (Wildman–Crippen MR) is 80.4 cm³/mol. The summed E-state index contributed by atoms with van der Waals surface area (Å²) >= 11 is 12.0. The van der Waals surface area contributed by atoms with Crippen LogP contribution in [-0.2, 0) is 0 Å². The van der Waals surface area contributed by atoms with E-state index in [9.17, 15) is 0 Å². The van der Waals surface area contributed by atoms with Gasteiger partial charge in [-0.15, -0.1) is 0 Å². The Kier molecular flexibility index (Phi) is 3.20. The molecule has 0 amide bonds. The standard InChI is InChI=1S/C14H10Cl2N2O2/c1-19-13-9(16)4-7(5-10(13)17)14-18-11-6-8(15)2-3-12(11)20-14/h2-6H,17H2,1H3. The molecule has 0 aliphatic carbocycles. The van der Waals surface area contributed by atoms with Crippen LogP contribution in [0.1, 0.15) is 0 Å². The smallest absolute Gasteiger partial charge is 0.227 e. The monoisotopic (exact) mass is 308 g/mol. The van der Waals surface area contributed by atoms with Crippen molar-refractivity contribution in [3.05, 3.63) is 40.4 Å². The quantitative estimate of drug-likeness (QED) is 0.713. The van der Waals surface area contributed by atoms with Gasteiger partial charge in [0, 0.05) is 10.6 Å². The van der Waals surface area contributed by atoms with Gasteiger partial charge in [0.1, 0.15) is 5.52 Å². The maximum Gasteiger partial charge on any atom is 0.227 e. The van der Waals surface area contributed by atoms with E-state index in [-0.39, 0.29) is 0 Å². The molecule has 2 aromatic carbocycles. The largest absolute Gasteiger partial charge is 0.493 e. The molecule has 102 valence electrons. The van der Waals surface area contributed by atoms with Crippen LogP contribution in [0.4, 0.5) is 5.69 Å². The molecule has 0 aliphatic heterocycles. The Bertz CT molecular complexity index is 776. The van der Waals surface area contributed by atoms with E-state index in [2.05, 4.69) is 4.98 Å². The first-order valence-electron chi connectivity index (χ1n) is 5.78. The van der Waals surface area contributed by atoms with E-state index in [1.54, 1.807) is 30.3 Å². The van der Waals surface area contributed by atoms with Gasteiger partial charge in [-0.3, -0.25) is 0 Å². The van der Waals surface area contributed by atoms with Crippen LogP contribution in [0.5, 0.6) is 5.75 Å². The number of oxazole rings is 1. The van der Waals surface area contributed by atoms with E-state index in [1.165, 1.54) is 7.11 Å². The van der Waals surface area contributed by atoms with Gasteiger partial charge in [-0.25, -0.2) is 4.98 Å². The molecule has 0 fully saturated rings. The molecular weight excluding hydrogens is 299 g/mol. The lowest BCUT2D eigenvalue weighted by atomic mass is 10.2. The maximum atomic E-state index is 6.11.